The molecule has 0 bridgehead atoms. The lowest BCUT2D eigenvalue weighted by atomic mass is 10.2. The normalized spacial score (nSPS) is 11.0. The van der Waals surface area contributed by atoms with Crippen LogP contribution in [-0.4, -0.2) is 20.6 Å². The molecule has 6 heteroatoms. The van der Waals surface area contributed by atoms with Gasteiger partial charge in [-0.2, -0.15) is 5.21 Å². The molecule has 0 spiro atoms. The van der Waals surface area contributed by atoms with Crippen molar-refractivity contribution in [2.45, 2.75) is 0 Å². The Morgan fingerprint density at radius 1 is 1.27 bits per heavy atom. The van der Waals surface area contributed by atoms with Gasteiger partial charge < -0.3 is 0 Å². The Labute approximate surface area is 97.5 Å². The molecule has 0 radical (unpaired) electrons. The molecule has 3 rings (SSSR count). The van der Waals surface area contributed by atoms with Gasteiger partial charge in [0.2, 0.25) is 5.82 Å². The Hall–Kier alpha value is -1.27. The smallest absolute Gasteiger partial charge is 0.177 e. The van der Waals surface area contributed by atoms with E-state index in [1.54, 1.807) is 11.3 Å². The van der Waals surface area contributed by atoms with E-state index in [2.05, 4.69) is 54.8 Å². The van der Waals surface area contributed by atoms with Crippen molar-refractivity contribution in [3.63, 3.8) is 0 Å². The molecular weight excluding hydrogens is 276 g/mol. The van der Waals surface area contributed by atoms with Gasteiger partial charge in [-0.3, -0.25) is 0 Å². The molecule has 3 aromatic rings. The number of H-pyrrole nitrogens is 1. The zero-order chi connectivity index (χ0) is 10.3. The third-order valence-electron chi connectivity index (χ3n) is 2.04. The van der Waals surface area contributed by atoms with Gasteiger partial charge in [0, 0.05) is 9.17 Å². The lowest BCUT2D eigenvalue weighted by Gasteiger charge is -1.88. The summed E-state index contributed by atoms with van der Waals surface area (Å²) in [6.45, 7) is 0. The number of halogens is 1. The third kappa shape index (κ3) is 1.55. The number of aromatic nitrogens is 4. The second-order valence-electron chi connectivity index (χ2n) is 3.03. The highest BCUT2D eigenvalue weighted by atomic mass is 79.9. The first-order chi connectivity index (χ1) is 7.33. The van der Waals surface area contributed by atoms with Crippen molar-refractivity contribution in [2.75, 3.05) is 0 Å². The van der Waals surface area contributed by atoms with Crippen LogP contribution in [0.15, 0.2) is 28.7 Å². The lowest BCUT2D eigenvalue weighted by Crippen LogP contribution is -1.73. The van der Waals surface area contributed by atoms with Crippen LogP contribution in [0.4, 0.5) is 0 Å². The molecule has 2 heterocycles. The van der Waals surface area contributed by atoms with Crippen LogP contribution >= 0.6 is 27.3 Å². The summed E-state index contributed by atoms with van der Waals surface area (Å²) in [5.41, 5.74) is 0. The number of aromatic amines is 1. The van der Waals surface area contributed by atoms with Gasteiger partial charge in [0.25, 0.3) is 0 Å². The van der Waals surface area contributed by atoms with Crippen molar-refractivity contribution in [3.05, 3.63) is 28.7 Å². The summed E-state index contributed by atoms with van der Waals surface area (Å²) in [7, 11) is 0. The molecule has 1 N–H and O–H groups in total. The molecule has 4 nitrogen and oxygen atoms in total. The number of hydrogen-bond acceptors (Lipinski definition) is 4. The van der Waals surface area contributed by atoms with E-state index in [0.29, 0.717) is 5.82 Å². The van der Waals surface area contributed by atoms with Gasteiger partial charge in [0.1, 0.15) is 0 Å². The maximum absolute atomic E-state index is 3.96. The summed E-state index contributed by atoms with van der Waals surface area (Å²) >= 11 is 5.10. The summed E-state index contributed by atoms with van der Waals surface area (Å²) in [4.78, 5) is 1.02. The van der Waals surface area contributed by atoms with Crippen LogP contribution in [0, 0.1) is 0 Å². The van der Waals surface area contributed by atoms with Crippen LogP contribution in [0.1, 0.15) is 0 Å². The minimum absolute atomic E-state index is 0.646. The fraction of sp³-hybridized carbons (Fsp3) is 0. The fourth-order valence-electron chi connectivity index (χ4n) is 1.39. The van der Waals surface area contributed by atoms with Crippen molar-refractivity contribution < 1.29 is 0 Å². The second-order valence-corrected chi connectivity index (χ2v) is 5.03. The van der Waals surface area contributed by atoms with Gasteiger partial charge in [-0.25, -0.2) is 0 Å². The quantitative estimate of drug-likeness (QED) is 0.746. The Bertz CT molecular complexity index is 602. The zero-order valence-corrected chi connectivity index (χ0v) is 9.84. The van der Waals surface area contributed by atoms with Crippen molar-refractivity contribution in [1.82, 2.24) is 20.6 Å². The maximum atomic E-state index is 3.96. The molecule has 0 saturated carbocycles. The van der Waals surface area contributed by atoms with Gasteiger partial charge in [-0.05, 0) is 34.9 Å². The number of fused-ring (bicyclic) bond motifs is 1. The van der Waals surface area contributed by atoms with E-state index >= 15 is 0 Å². The van der Waals surface area contributed by atoms with Crippen LogP contribution in [0.3, 0.4) is 0 Å². The standard InChI is InChI=1S/C9H5BrN4S/c10-6-1-2-7-5(3-6)4-8(15-7)9-11-13-14-12-9/h1-4H,(H,11,12,13,14). The second kappa shape index (κ2) is 3.39. The van der Waals surface area contributed by atoms with Gasteiger partial charge >= 0.3 is 0 Å². The van der Waals surface area contributed by atoms with E-state index in [-0.39, 0.29) is 0 Å². The van der Waals surface area contributed by atoms with Crippen molar-refractivity contribution in [2.24, 2.45) is 0 Å². The van der Waals surface area contributed by atoms with Crippen LogP contribution < -0.4 is 0 Å². The van der Waals surface area contributed by atoms with Gasteiger partial charge in [0.05, 0.1) is 4.88 Å². The Morgan fingerprint density at radius 2 is 2.20 bits per heavy atom. The monoisotopic (exact) mass is 280 g/mol. The Balaban J connectivity index is 2.22. The summed E-state index contributed by atoms with van der Waals surface area (Å²) in [6, 6.07) is 8.25. The number of nitrogens with one attached hydrogen (secondary N) is 1. The van der Waals surface area contributed by atoms with Gasteiger partial charge in [-0.1, -0.05) is 15.9 Å². The fourth-order valence-corrected chi connectivity index (χ4v) is 2.74. The zero-order valence-electron chi connectivity index (χ0n) is 7.44. The molecular formula is C9H5BrN4S. The third-order valence-corrected chi connectivity index (χ3v) is 3.65. The van der Waals surface area contributed by atoms with Gasteiger partial charge in [0.15, 0.2) is 0 Å². The molecule has 15 heavy (non-hydrogen) atoms. The maximum Gasteiger partial charge on any atom is 0.214 e. The molecule has 0 amide bonds. The summed E-state index contributed by atoms with van der Waals surface area (Å²) in [5.74, 6) is 0.646. The van der Waals surface area contributed by atoms with Crippen LogP contribution in [-0.2, 0) is 0 Å². The van der Waals surface area contributed by atoms with E-state index in [9.17, 15) is 0 Å². The number of benzene rings is 1. The molecule has 0 fully saturated rings. The summed E-state index contributed by atoms with van der Waals surface area (Å²) in [6.07, 6.45) is 0. The SMILES string of the molecule is Brc1ccc2sc(-c3nn[nH]n3)cc2c1. The average Bonchev–Trinajstić information content (AvgIpc) is 2.84. The van der Waals surface area contributed by atoms with Crippen LogP contribution in [0.25, 0.3) is 20.8 Å². The molecule has 0 atom stereocenters. The Morgan fingerprint density at radius 3 is 3.00 bits per heavy atom. The molecule has 0 aliphatic rings. The lowest BCUT2D eigenvalue weighted by molar-refractivity contribution is 0.881. The van der Waals surface area contributed by atoms with Crippen LogP contribution in [0.5, 0.6) is 0 Å². The van der Waals surface area contributed by atoms with E-state index in [1.807, 2.05) is 6.07 Å². The molecule has 2 aromatic heterocycles. The van der Waals surface area contributed by atoms with Crippen molar-refractivity contribution >= 4 is 37.4 Å². The van der Waals surface area contributed by atoms with Crippen molar-refractivity contribution in [3.8, 4) is 10.7 Å². The van der Waals surface area contributed by atoms with E-state index < -0.39 is 0 Å². The van der Waals surface area contributed by atoms with E-state index in [4.69, 9.17) is 0 Å². The number of hydrogen-bond donors (Lipinski definition) is 1. The Kier molecular flexibility index (Phi) is 2.03. The highest BCUT2D eigenvalue weighted by Gasteiger charge is 2.07. The summed E-state index contributed by atoms with van der Waals surface area (Å²) < 4.78 is 2.30. The number of rotatable bonds is 1. The van der Waals surface area contributed by atoms with E-state index in [1.165, 1.54) is 10.1 Å². The molecule has 0 aliphatic carbocycles. The van der Waals surface area contributed by atoms with Gasteiger partial charge in [-0.15, -0.1) is 21.5 Å². The predicted molar refractivity (Wildman–Crippen MR) is 62.7 cm³/mol. The molecule has 0 unspecified atom stereocenters. The largest absolute Gasteiger partial charge is 0.214 e. The van der Waals surface area contributed by atoms with E-state index in [0.717, 1.165) is 9.35 Å². The first-order valence-electron chi connectivity index (χ1n) is 4.26. The predicted octanol–water partition coefficient (Wildman–Crippen LogP) is 2.84. The summed E-state index contributed by atoms with van der Waals surface area (Å²) in [5, 5.41) is 15.1. The molecule has 0 saturated heterocycles. The minimum Gasteiger partial charge on any atom is -0.177 e. The average molecular weight is 281 g/mol. The first-order valence-corrected chi connectivity index (χ1v) is 5.87. The number of tetrazole rings is 1. The first kappa shape index (κ1) is 8.99. The number of nitrogens with zero attached hydrogens (tertiary/aromatic N) is 3. The van der Waals surface area contributed by atoms with Crippen molar-refractivity contribution in [1.29, 1.82) is 0 Å². The highest BCUT2D eigenvalue weighted by molar-refractivity contribution is 9.10. The molecule has 74 valence electrons. The molecule has 1 aromatic carbocycles. The van der Waals surface area contributed by atoms with Crippen LogP contribution in [0.2, 0.25) is 0 Å². The highest BCUT2D eigenvalue weighted by Crippen LogP contribution is 2.32. The topological polar surface area (TPSA) is 54.5 Å². The molecule has 0 aliphatic heterocycles. The minimum atomic E-state index is 0.646. The number of thiophene rings is 1.